The fourth-order valence-electron chi connectivity index (χ4n) is 2.63. The molecule has 28 heavy (non-hydrogen) atoms. The number of hydrogen-bond acceptors (Lipinski definition) is 6. The van der Waals surface area contributed by atoms with Crippen LogP contribution in [0.5, 0.6) is 5.75 Å². The molecular weight excluding hydrogens is 374 g/mol. The second-order valence-corrected chi connectivity index (χ2v) is 7.37. The van der Waals surface area contributed by atoms with E-state index < -0.39 is 5.97 Å². The highest BCUT2D eigenvalue weighted by Crippen LogP contribution is 2.20. The van der Waals surface area contributed by atoms with Crippen LogP contribution >= 0.6 is 11.3 Å². The molecule has 0 aliphatic rings. The van der Waals surface area contributed by atoms with Gasteiger partial charge in [0.1, 0.15) is 5.75 Å². The van der Waals surface area contributed by atoms with Crippen LogP contribution in [0.1, 0.15) is 70.4 Å². The number of methoxy groups -OCH3 is 1. The van der Waals surface area contributed by atoms with Gasteiger partial charge < -0.3 is 9.47 Å². The Morgan fingerprint density at radius 1 is 1.21 bits per heavy atom. The van der Waals surface area contributed by atoms with E-state index in [0.29, 0.717) is 5.75 Å². The Morgan fingerprint density at radius 2 is 2.04 bits per heavy atom. The molecule has 0 amide bonds. The van der Waals surface area contributed by atoms with E-state index in [2.05, 4.69) is 28.8 Å². The van der Waals surface area contributed by atoms with Crippen molar-refractivity contribution in [1.29, 1.82) is 0 Å². The summed E-state index contributed by atoms with van der Waals surface area (Å²) in [5, 5.41) is 1.74. The normalized spacial score (nSPS) is 11.0. The number of unbranched alkanes of at least 4 members (excludes halogenated alkanes) is 4. The first-order chi connectivity index (χ1) is 13.5. The smallest absolute Gasteiger partial charge is 0.357 e. The summed E-state index contributed by atoms with van der Waals surface area (Å²) in [6.45, 7) is 4.11. The summed E-state index contributed by atoms with van der Waals surface area (Å²) >= 11 is 1.11. The van der Waals surface area contributed by atoms with Gasteiger partial charge in [-0.3, -0.25) is 4.79 Å². The average Bonchev–Trinajstić information content (AvgIpc) is 3.19. The highest BCUT2D eigenvalue weighted by atomic mass is 32.1. The molecule has 1 heterocycles. The van der Waals surface area contributed by atoms with E-state index in [1.165, 1.54) is 38.2 Å². The standard InChI is InChI=1S/C22H27NO4S/c1-4-5-6-7-8-9-10-17-11-12-18(13-16(17)2)27-14-20(24)21-23-19(15-28-21)22(25)26-3/h9-13,15H,4-8,14H2,1-3H3. The van der Waals surface area contributed by atoms with E-state index in [4.69, 9.17) is 4.74 Å². The van der Waals surface area contributed by atoms with Crippen LogP contribution in [0.25, 0.3) is 6.08 Å². The van der Waals surface area contributed by atoms with Crippen LogP contribution in [0.4, 0.5) is 0 Å². The van der Waals surface area contributed by atoms with Gasteiger partial charge in [-0.15, -0.1) is 11.3 Å². The molecular formula is C22H27NO4S. The molecule has 6 heteroatoms. The van der Waals surface area contributed by atoms with Gasteiger partial charge in [-0.25, -0.2) is 9.78 Å². The van der Waals surface area contributed by atoms with Crippen LogP contribution in [-0.4, -0.2) is 30.5 Å². The molecule has 0 aliphatic heterocycles. The second kappa shape index (κ2) is 11.4. The van der Waals surface area contributed by atoms with Gasteiger partial charge in [-0.1, -0.05) is 44.4 Å². The molecule has 5 nitrogen and oxygen atoms in total. The lowest BCUT2D eigenvalue weighted by Gasteiger charge is -2.07. The summed E-state index contributed by atoms with van der Waals surface area (Å²) in [7, 11) is 1.28. The number of hydrogen-bond donors (Lipinski definition) is 0. The number of aryl methyl sites for hydroxylation is 1. The lowest BCUT2D eigenvalue weighted by molar-refractivity contribution is 0.0595. The van der Waals surface area contributed by atoms with Crippen LogP contribution in [0.2, 0.25) is 0 Å². The molecule has 0 atom stereocenters. The SMILES string of the molecule is CCCCCCC=Cc1ccc(OCC(=O)c2nc(C(=O)OC)cs2)cc1C. The highest BCUT2D eigenvalue weighted by molar-refractivity contribution is 7.12. The van der Waals surface area contributed by atoms with E-state index in [1.54, 1.807) is 0 Å². The van der Waals surface area contributed by atoms with Gasteiger partial charge in [0.15, 0.2) is 17.3 Å². The predicted octanol–water partition coefficient (Wildman–Crippen LogP) is 5.48. The molecule has 1 aromatic heterocycles. The van der Waals surface area contributed by atoms with Crippen molar-refractivity contribution in [3.8, 4) is 5.75 Å². The third-order valence-electron chi connectivity index (χ3n) is 4.27. The molecule has 0 spiro atoms. The maximum Gasteiger partial charge on any atom is 0.357 e. The minimum Gasteiger partial charge on any atom is -0.485 e. The lowest BCUT2D eigenvalue weighted by Crippen LogP contribution is -2.12. The maximum absolute atomic E-state index is 12.2. The zero-order chi connectivity index (χ0) is 20.4. The summed E-state index contributed by atoms with van der Waals surface area (Å²) in [5.74, 6) is -0.189. The van der Waals surface area contributed by atoms with E-state index in [0.717, 1.165) is 28.9 Å². The molecule has 0 N–H and O–H groups in total. The summed E-state index contributed by atoms with van der Waals surface area (Å²) in [5.41, 5.74) is 2.38. The number of ketones is 1. The largest absolute Gasteiger partial charge is 0.485 e. The van der Waals surface area contributed by atoms with Crippen molar-refractivity contribution in [1.82, 2.24) is 4.98 Å². The third kappa shape index (κ3) is 6.60. The number of rotatable bonds is 11. The Balaban J connectivity index is 1.86. The number of Topliss-reactive ketones (excluding diaryl/α,β-unsaturated/α-hetero) is 1. The molecule has 0 saturated heterocycles. The number of thiazole rings is 1. The molecule has 150 valence electrons. The van der Waals surface area contributed by atoms with Crippen LogP contribution < -0.4 is 4.74 Å². The molecule has 2 aromatic rings. The zero-order valence-electron chi connectivity index (χ0n) is 16.7. The second-order valence-electron chi connectivity index (χ2n) is 6.51. The van der Waals surface area contributed by atoms with Gasteiger partial charge in [0.2, 0.25) is 5.78 Å². The Labute approximate surface area is 170 Å². The van der Waals surface area contributed by atoms with E-state index in [1.807, 2.05) is 25.1 Å². The van der Waals surface area contributed by atoms with Gasteiger partial charge in [0, 0.05) is 5.38 Å². The van der Waals surface area contributed by atoms with Gasteiger partial charge in [0.25, 0.3) is 0 Å². The highest BCUT2D eigenvalue weighted by Gasteiger charge is 2.16. The number of nitrogens with zero attached hydrogens (tertiary/aromatic N) is 1. The topological polar surface area (TPSA) is 65.5 Å². The Morgan fingerprint density at radius 3 is 2.75 bits per heavy atom. The Hall–Kier alpha value is -2.47. The number of carbonyl (C=O) groups excluding carboxylic acids is 2. The summed E-state index contributed by atoms with van der Waals surface area (Å²) < 4.78 is 10.2. The number of allylic oxidation sites excluding steroid dienone is 1. The molecule has 2 rings (SSSR count). The number of carbonyl (C=O) groups is 2. The first-order valence-electron chi connectivity index (χ1n) is 9.52. The van der Waals surface area contributed by atoms with Crippen molar-refractivity contribution in [3.05, 3.63) is 51.5 Å². The zero-order valence-corrected chi connectivity index (χ0v) is 17.5. The van der Waals surface area contributed by atoms with Crippen molar-refractivity contribution in [2.45, 2.75) is 46.0 Å². The van der Waals surface area contributed by atoms with Crippen LogP contribution in [0, 0.1) is 6.92 Å². The van der Waals surface area contributed by atoms with E-state index >= 15 is 0 Å². The quantitative estimate of drug-likeness (QED) is 0.283. The maximum atomic E-state index is 12.2. The van der Waals surface area contributed by atoms with Crippen molar-refractivity contribution in [2.24, 2.45) is 0 Å². The van der Waals surface area contributed by atoms with Crippen LogP contribution in [0.15, 0.2) is 29.7 Å². The molecule has 0 bridgehead atoms. The Kier molecular flexibility index (Phi) is 8.88. The van der Waals surface area contributed by atoms with Crippen LogP contribution in [0.3, 0.4) is 0 Å². The van der Waals surface area contributed by atoms with E-state index in [9.17, 15) is 9.59 Å². The predicted molar refractivity (Wildman–Crippen MR) is 112 cm³/mol. The fraction of sp³-hybridized carbons (Fsp3) is 0.409. The lowest BCUT2D eigenvalue weighted by atomic mass is 10.1. The van der Waals surface area contributed by atoms with Gasteiger partial charge in [-0.2, -0.15) is 0 Å². The average molecular weight is 402 g/mol. The molecule has 1 aromatic carbocycles. The molecule has 0 radical (unpaired) electrons. The minimum absolute atomic E-state index is 0.125. The number of benzene rings is 1. The first-order valence-corrected chi connectivity index (χ1v) is 10.4. The van der Waals surface area contributed by atoms with E-state index in [-0.39, 0.29) is 23.1 Å². The van der Waals surface area contributed by atoms with Gasteiger partial charge in [-0.05, 0) is 43.0 Å². The summed E-state index contributed by atoms with van der Waals surface area (Å²) in [4.78, 5) is 27.6. The molecule has 0 aliphatic carbocycles. The van der Waals surface area contributed by atoms with Crippen molar-refractivity contribution in [3.63, 3.8) is 0 Å². The molecule has 0 unspecified atom stereocenters. The van der Waals surface area contributed by atoms with Crippen LogP contribution in [-0.2, 0) is 4.74 Å². The monoisotopic (exact) mass is 401 g/mol. The Bertz CT molecular complexity index is 826. The van der Waals surface area contributed by atoms with Gasteiger partial charge >= 0.3 is 5.97 Å². The minimum atomic E-state index is -0.555. The molecule has 0 fully saturated rings. The van der Waals surface area contributed by atoms with Crippen molar-refractivity contribution < 1.29 is 19.1 Å². The van der Waals surface area contributed by atoms with Crippen molar-refractivity contribution in [2.75, 3.05) is 13.7 Å². The number of esters is 1. The van der Waals surface area contributed by atoms with Crippen molar-refractivity contribution >= 4 is 29.2 Å². The summed E-state index contributed by atoms with van der Waals surface area (Å²) in [6, 6.07) is 5.78. The number of aromatic nitrogens is 1. The first kappa shape index (κ1) is 21.8. The van der Waals surface area contributed by atoms with Gasteiger partial charge in [0.05, 0.1) is 7.11 Å². The molecule has 0 saturated carbocycles. The number of ether oxygens (including phenoxy) is 2. The third-order valence-corrected chi connectivity index (χ3v) is 5.15. The fourth-order valence-corrected chi connectivity index (χ4v) is 3.35. The summed E-state index contributed by atoms with van der Waals surface area (Å²) in [6.07, 6.45) is 10.5.